The van der Waals surface area contributed by atoms with E-state index in [1.807, 2.05) is 24.3 Å². The summed E-state index contributed by atoms with van der Waals surface area (Å²) >= 11 is 3.39. The van der Waals surface area contributed by atoms with E-state index < -0.39 is 0 Å². The molecule has 0 spiro atoms. The van der Waals surface area contributed by atoms with Gasteiger partial charge in [-0.25, -0.2) is 4.39 Å². The Balaban J connectivity index is 1.66. The summed E-state index contributed by atoms with van der Waals surface area (Å²) in [6.07, 6.45) is 1.97. The first-order chi connectivity index (χ1) is 10.2. The average Bonchev–Trinajstić information content (AvgIpc) is 2.45. The first-order valence-electron chi connectivity index (χ1n) is 7.02. The number of halogens is 2. The molecular formula is C17H17BrFNO. The van der Waals surface area contributed by atoms with Crippen LogP contribution >= 0.6 is 15.9 Å². The van der Waals surface area contributed by atoms with Gasteiger partial charge in [0, 0.05) is 10.5 Å². The number of benzene rings is 2. The van der Waals surface area contributed by atoms with Crippen LogP contribution in [0, 0.1) is 5.82 Å². The number of hydrogen-bond donors (Lipinski definition) is 1. The second-order valence-corrected chi connectivity index (χ2v) is 6.20. The Morgan fingerprint density at radius 3 is 2.62 bits per heavy atom. The summed E-state index contributed by atoms with van der Waals surface area (Å²) in [5.74, 6) is 1.20. The van der Waals surface area contributed by atoms with Crippen molar-refractivity contribution in [2.75, 3.05) is 12.4 Å². The minimum Gasteiger partial charge on any atom is -0.496 e. The van der Waals surface area contributed by atoms with Crippen LogP contribution < -0.4 is 10.1 Å². The molecule has 2 nitrogen and oxygen atoms in total. The molecule has 0 amide bonds. The molecule has 21 heavy (non-hydrogen) atoms. The van der Waals surface area contributed by atoms with E-state index in [2.05, 4.69) is 27.3 Å². The molecule has 1 saturated carbocycles. The van der Waals surface area contributed by atoms with Gasteiger partial charge in [0.1, 0.15) is 11.6 Å². The van der Waals surface area contributed by atoms with Gasteiger partial charge in [-0.15, -0.1) is 0 Å². The van der Waals surface area contributed by atoms with Crippen LogP contribution in [-0.2, 0) is 0 Å². The van der Waals surface area contributed by atoms with Crippen molar-refractivity contribution in [1.29, 1.82) is 0 Å². The predicted octanol–water partition coefficient (Wildman–Crippen LogP) is 4.95. The molecule has 0 unspecified atom stereocenters. The summed E-state index contributed by atoms with van der Waals surface area (Å²) in [6, 6.07) is 13.4. The van der Waals surface area contributed by atoms with Gasteiger partial charge in [0.25, 0.3) is 0 Å². The molecule has 1 N–H and O–H groups in total. The highest BCUT2D eigenvalue weighted by molar-refractivity contribution is 9.10. The summed E-state index contributed by atoms with van der Waals surface area (Å²) in [5, 5.41) is 3.29. The van der Waals surface area contributed by atoms with Crippen molar-refractivity contribution >= 4 is 21.6 Å². The lowest BCUT2D eigenvalue weighted by atomic mass is 9.75. The molecule has 0 saturated heterocycles. The minimum atomic E-state index is -0.217. The van der Waals surface area contributed by atoms with E-state index in [0.29, 0.717) is 17.6 Å². The van der Waals surface area contributed by atoms with Crippen molar-refractivity contribution in [2.24, 2.45) is 0 Å². The molecule has 0 atom stereocenters. The van der Waals surface area contributed by atoms with Gasteiger partial charge >= 0.3 is 0 Å². The van der Waals surface area contributed by atoms with Crippen molar-refractivity contribution in [3.8, 4) is 5.75 Å². The lowest BCUT2D eigenvalue weighted by Gasteiger charge is -2.37. The quantitative estimate of drug-likeness (QED) is 0.842. The highest BCUT2D eigenvalue weighted by atomic mass is 79.9. The van der Waals surface area contributed by atoms with Gasteiger partial charge < -0.3 is 10.1 Å². The molecule has 3 rings (SSSR count). The maximum absolute atomic E-state index is 13.8. The maximum Gasteiger partial charge on any atom is 0.147 e. The molecule has 110 valence electrons. The van der Waals surface area contributed by atoms with Crippen LogP contribution in [0.1, 0.15) is 24.3 Å². The summed E-state index contributed by atoms with van der Waals surface area (Å²) in [5.41, 5.74) is 1.80. The summed E-state index contributed by atoms with van der Waals surface area (Å²) < 4.78 is 20.0. The highest BCUT2D eigenvalue weighted by Gasteiger charge is 2.32. The van der Waals surface area contributed by atoms with Crippen molar-refractivity contribution in [1.82, 2.24) is 0 Å². The third kappa shape index (κ3) is 2.91. The van der Waals surface area contributed by atoms with Gasteiger partial charge in [0.05, 0.1) is 12.8 Å². The van der Waals surface area contributed by atoms with Crippen LogP contribution in [0.5, 0.6) is 5.75 Å². The van der Waals surface area contributed by atoms with Gasteiger partial charge in [-0.05, 0) is 58.5 Å². The first-order valence-corrected chi connectivity index (χ1v) is 7.82. The SMILES string of the molecule is COc1ccccc1C1CC(Nc2c(F)cccc2Br)C1. The van der Waals surface area contributed by atoms with Crippen molar-refractivity contribution in [3.63, 3.8) is 0 Å². The summed E-state index contributed by atoms with van der Waals surface area (Å²) in [6.45, 7) is 0. The van der Waals surface area contributed by atoms with E-state index in [0.717, 1.165) is 23.1 Å². The predicted molar refractivity (Wildman–Crippen MR) is 86.5 cm³/mol. The smallest absolute Gasteiger partial charge is 0.147 e. The Kier molecular flexibility index (Phi) is 4.15. The normalized spacial score (nSPS) is 20.7. The van der Waals surface area contributed by atoms with Gasteiger partial charge in [0.15, 0.2) is 0 Å². The number of anilines is 1. The largest absolute Gasteiger partial charge is 0.496 e. The molecule has 0 aliphatic heterocycles. The molecule has 4 heteroatoms. The van der Waals surface area contributed by atoms with Crippen LogP contribution in [0.3, 0.4) is 0 Å². The van der Waals surface area contributed by atoms with Crippen LogP contribution in [0.4, 0.5) is 10.1 Å². The zero-order valence-electron chi connectivity index (χ0n) is 11.8. The number of hydrogen-bond acceptors (Lipinski definition) is 2. The average molecular weight is 350 g/mol. The standard InChI is InChI=1S/C17H17BrFNO/c1-21-16-8-3-2-5-13(16)11-9-12(10-11)20-17-14(18)6-4-7-15(17)19/h2-8,11-12,20H,9-10H2,1H3. The number of ether oxygens (including phenoxy) is 1. The molecule has 0 aromatic heterocycles. The van der Waals surface area contributed by atoms with Crippen LogP contribution in [0.15, 0.2) is 46.9 Å². The fourth-order valence-electron chi connectivity index (χ4n) is 2.83. The Labute approximate surface area is 132 Å². The summed E-state index contributed by atoms with van der Waals surface area (Å²) in [7, 11) is 1.70. The third-order valence-electron chi connectivity index (χ3n) is 4.03. The Morgan fingerprint density at radius 1 is 1.14 bits per heavy atom. The van der Waals surface area contributed by atoms with E-state index in [4.69, 9.17) is 4.74 Å². The van der Waals surface area contributed by atoms with Gasteiger partial charge in [0.2, 0.25) is 0 Å². The minimum absolute atomic E-state index is 0.217. The third-order valence-corrected chi connectivity index (χ3v) is 4.69. The molecule has 0 radical (unpaired) electrons. The topological polar surface area (TPSA) is 21.3 Å². The molecule has 2 aromatic rings. The van der Waals surface area contributed by atoms with E-state index in [1.165, 1.54) is 11.6 Å². The van der Waals surface area contributed by atoms with Gasteiger partial charge in [-0.1, -0.05) is 24.3 Å². The van der Waals surface area contributed by atoms with Crippen LogP contribution in [-0.4, -0.2) is 13.2 Å². The molecule has 0 heterocycles. The highest BCUT2D eigenvalue weighted by Crippen LogP contribution is 2.43. The van der Waals surface area contributed by atoms with E-state index in [-0.39, 0.29) is 5.82 Å². The molecule has 0 bridgehead atoms. The van der Waals surface area contributed by atoms with Crippen LogP contribution in [0.2, 0.25) is 0 Å². The second kappa shape index (κ2) is 6.06. The molecule has 1 aliphatic carbocycles. The fourth-order valence-corrected chi connectivity index (χ4v) is 3.29. The van der Waals surface area contributed by atoms with E-state index in [9.17, 15) is 4.39 Å². The number of methoxy groups -OCH3 is 1. The van der Waals surface area contributed by atoms with Crippen LogP contribution in [0.25, 0.3) is 0 Å². The number of para-hydroxylation sites is 2. The maximum atomic E-state index is 13.8. The number of nitrogens with one attached hydrogen (secondary N) is 1. The molecule has 1 fully saturated rings. The monoisotopic (exact) mass is 349 g/mol. The Morgan fingerprint density at radius 2 is 1.90 bits per heavy atom. The second-order valence-electron chi connectivity index (χ2n) is 5.35. The Bertz CT molecular complexity index is 620. The number of rotatable bonds is 4. The van der Waals surface area contributed by atoms with Crippen molar-refractivity contribution in [3.05, 3.63) is 58.3 Å². The van der Waals surface area contributed by atoms with Crippen molar-refractivity contribution in [2.45, 2.75) is 24.8 Å². The fraction of sp³-hybridized carbons (Fsp3) is 0.294. The lowest BCUT2D eigenvalue weighted by Crippen LogP contribution is -2.34. The Hall–Kier alpha value is -1.55. The zero-order valence-corrected chi connectivity index (χ0v) is 13.4. The van der Waals surface area contributed by atoms with Gasteiger partial charge in [-0.2, -0.15) is 0 Å². The van der Waals surface area contributed by atoms with E-state index >= 15 is 0 Å². The van der Waals surface area contributed by atoms with Crippen molar-refractivity contribution < 1.29 is 9.13 Å². The molecule has 2 aromatic carbocycles. The zero-order chi connectivity index (χ0) is 14.8. The summed E-state index contributed by atoms with van der Waals surface area (Å²) in [4.78, 5) is 0. The molecular weight excluding hydrogens is 333 g/mol. The van der Waals surface area contributed by atoms with E-state index in [1.54, 1.807) is 13.2 Å². The van der Waals surface area contributed by atoms with Gasteiger partial charge in [-0.3, -0.25) is 0 Å². The first kappa shape index (κ1) is 14.4. The lowest BCUT2D eigenvalue weighted by molar-refractivity contribution is 0.349. The molecule has 1 aliphatic rings.